The molecule has 0 radical (unpaired) electrons. The Morgan fingerprint density at radius 2 is 1.78 bits per heavy atom. The predicted molar refractivity (Wildman–Crippen MR) is 134 cm³/mol. The molecule has 1 aliphatic heterocycles. The molecule has 5 rings (SSSR count). The zero-order valence-corrected chi connectivity index (χ0v) is 20.3. The molecule has 0 saturated carbocycles. The smallest absolute Gasteiger partial charge is 0.263 e. The van der Waals surface area contributed by atoms with Crippen LogP contribution in [0.1, 0.15) is 10.4 Å². The molecule has 186 valence electrons. The maximum atomic E-state index is 13.6. The monoisotopic (exact) mass is 511 g/mol. The fourth-order valence-corrected chi connectivity index (χ4v) is 5.10. The van der Waals surface area contributed by atoms with E-state index in [2.05, 4.69) is 32.4 Å². The van der Waals surface area contributed by atoms with Crippen molar-refractivity contribution in [3.8, 4) is 0 Å². The zero-order valence-electron chi connectivity index (χ0n) is 19.5. The minimum Gasteiger partial charge on any atom is -0.369 e. The van der Waals surface area contributed by atoms with Crippen LogP contribution in [0.25, 0.3) is 10.9 Å². The van der Waals surface area contributed by atoms with Gasteiger partial charge in [0.15, 0.2) is 11.5 Å². The van der Waals surface area contributed by atoms with E-state index in [4.69, 9.17) is 0 Å². The molecule has 1 aliphatic rings. The summed E-state index contributed by atoms with van der Waals surface area (Å²) in [5, 5.41) is 20.4. The number of fused-ring (bicyclic) bond motifs is 1. The third kappa shape index (κ3) is 5.19. The second-order valence-electron chi connectivity index (χ2n) is 8.63. The lowest BCUT2D eigenvalue weighted by Gasteiger charge is -2.34. The van der Waals surface area contributed by atoms with Gasteiger partial charge in [-0.2, -0.15) is 10.6 Å². The molecule has 1 fully saturated rings. The first-order valence-corrected chi connectivity index (χ1v) is 12.2. The first-order valence-electron chi connectivity index (χ1n) is 11.4. The Morgan fingerprint density at radius 3 is 2.50 bits per heavy atom. The van der Waals surface area contributed by atoms with E-state index in [-0.39, 0.29) is 0 Å². The van der Waals surface area contributed by atoms with Gasteiger partial charge in [0.25, 0.3) is 5.91 Å². The largest absolute Gasteiger partial charge is 0.369 e. The lowest BCUT2D eigenvalue weighted by atomic mass is 10.1. The number of carbonyl (C=O) groups is 1. The molecule has 8 nitrogen and oxygen atoms in total. The summed E-state index contributed by atoms with van der Waals surface area (Å²) in [6, 6.07) is 14.1. The molecule has 0 atom stereocenters. The lowest BCUT2D eigenvalue weighted by Crippen LogP contribution is -2.74. The number of carbonyl (C=O) groups excluding carboxylic acids is 1. The summed E-state index contributed by atoms with van der Waals surface area (Å²) in [6.45, 7) is 3.63. The van der Waals surface area contributed by atoms with Gasteiger partial charge in [-0.15, -0.1) is 0 Å². The van der Waals surface area contributed by atoms with E-state index in [1.807, 2.05) is 6.07 Å². The average Bonchev–Trinajstić information content (AvgIpc) is 3.25. The predicted octanol–water partition coefficient (Wildman–Crippen LogP) is 3.58. The molecule has 4 aromatic rings. The molecule has 1 amide bonds. The van der Waals surface area contributed by atoms with E-state index in [0.717, 1.165) is 48.3 Å². The van der Waals surface area contributed by atoms with Crippen LogP contribution < -0.4 is 15.7 Å². The van der Waals surface area contributed by atoms with Crippen LogP contribution in [-0.4, -0.2) is 59.4 Å². The number of hydrogen-bond donors (Lipinski definition) is 4. The van der Waals surface area contributed by atoms with Gasteiger partial charge < -0.3 is 15.1 Å². The van der Waals surface area contributed by atoms with Gasteiger partial charge >= 0.3 is 0 Å². The Labute approximate surface area is 210 Å². The number of nitrogens with zero attached hydrogens (tertiary/aromatic N) is 3. The number of likely N-dealkylation sites (N-methyl/N-ethyl adjacent to an activating group) is 1. The number of nitrogens with two attached hydrogens (primary N) is 1. The van der Waals surface area contributed by atoms with E-state index in [9.17, 15) is 18.8 Å². The van der Waals surface area contributed by atoms with E-state index < -0.39 is 17.5 Å². The molecule has 0 spiro atoms. The van der Waals surface area contributed by atoms with Gasteiger partial charge in [-0.25, -0.2) is 14.0 Å². The standard InChI is InChI=1S/C25H24F2N6O2S/c1-32-6-8-33(9-7-32)17-2-4-20(23(13-17)31-35)25(34)28-24-21-14-18(3-5-22(21)29-30-24)36-19-11-15(26)10-16(27)12-19/h2-5,10-14,31,35H,6-9H2,1H3,(H2,28,29,30,34)/p+1. The van der Waals surface area contributed by atoms with Crippen molar-refractivity contribution < 1.29 is 24.3 Å². The van der Waals surface area contributed by atoms with Crippen LogP contribution in [0.15, 0.2) is 64.4 Å². The summed E-state index contributed by atoms with van der Waals surface area (Å²) in [6.07, 6.45) is 0. The molecule has 5 N–H and O–H groups in total. The molecule has 0 bridgehead atoms. The van der Waals surface area contributed by atoms with Gasteiger partial charge in [-0.05, 0) is 49.5 Å². The van der Waals surface area contributed by atoms with Crippen LogP contribution in [-0.2, 0) is 0 Å². The Kier molecular flexibility index (Phi) is 6.88. The van der Waals surface area contributed by atoms with Gasteiger partial charge in [0.1, 0.15) is 17.2 Å². The molecule has 0 aliphatic carbocycles. The second kappa shape index (κ2) is 10.2. The lowest BCUT2D eigenvalue weighted by molar-refractivity contribution is -0.825. The zero-order chi connectivity index (χ0) is 25.2. The van der Waals surface area contributed by atoms with Gasteiger partial charge in [0.05, 0.1) is 5.52 Å². The summed E-state index contributed by atoms with van der Waals surface area (Å²) in [4.78, 5) is 18.7. The number of hydrogen-bond acceptors (Lipinski definition) is 6. The number of aromatic amines is 1. The minimum atomic E-state index is -0.648. The SMILES string of the molecule is CN1CCN(c2ccc(C(=O)Nc3n[nH]c4ccc(Sc5cc(F)cc(F)c5)cc34)c([NH2+]O)c2)CC1. The van der Waals surface area contributed by atoms with Crippen molar-refractivity contribution in [2.24, 2.45) is 0 Å². The number of aromatic nitrogens is 2. The normalized spacial score (nSPS) is 14.4. The van der Waals surface area contributed by atoms with Crippen molar-refractivity contribution in [1.29, 1.82) is 0 Å². The maximum Gasteiger partial charge on any atom is 0.263 e. The first kappa shape index (κ1) is 24.2. The Morgan fingerprint density at radius 1 is 1.03 bits per heavy atom. The van der Waals surface area contributed by atoms with E-state index >= 15 is 0 Å². The van der Waals surface area contributed by atoms with Crippen LogP contribution >= 0.6 is 11.8 Å². The highest BCUT2D eigenvalue weighted by Crippen LogP contribution is 2.33. The van der Waals surface area contributed by atoms with Gasteiger partial charge in [0.2, 0.25) is 0 Å². The number of halogens is 2. The number of H-pyrrole nitrogens is 1. The summed E-state index contributed by atoms with van der Waals surface area (Å²) >= 11 is 1.20. The molecule has 2 heterocycles. The number of quaternary nitrogens is 1. The minimum absolute atomic E-state index is 0.312. The van der Waals surface area contributed by atoms with Crippen LogP contribution in [0.3, 0.4) is 0 Å². The molecular weight excluding hydrogens is 486 g/mol. The van der Waals surface area contributed by atoms with Gasteiger partial charge in [0, 0.05) is 59.2 Å². The summed E-state index contributed by atoms with van der Waals surface area (Å²) in [7, 11) is 2.08. The molecule has 36 heavy (non-hydrogen) atoms. The van der Waals surface area contributed by atoms with Crippen LogP contribution in [0, 0.1) is 11.6 Å². The molecule has 11 heteroatoms. The molecule has 1 saturated heterocycles. The highest BCUT2D eigenvalue weighted by molar-refractivity contribution is 7.99. The van der Waals surface area contributed by atoms with Crippen molar-refractivity contribution in [2.75, 3.05) is 43.4 Å². The fraction of sp³-hybridized carbons (Fsp3) is 0.200. The van der Waals surface area contributed by atoms with Crippen molar-refractivity contribution in [2.45, 2.75) is 9.79 Å². The Hall–Kier alpha value is -3.51. The molecule has 0 unspecified atom stereocenters. The van der Waals surface area contributed by atoms with E-state index in [1.165, 1.54) is 23.9 Å². The highest BCUT2D eigenvalue weighted by Gasteiger charge is 2.21. The summed E-state index contributed by atoms with van der Waals surface area (Å²) in [5.41, 5.74) is 3.30. The topological polar surface area (TPSA) is 101 Å². The van der Waals surface area contributed by atoms with Crippen LogP contribution in [0.4, 0.5) is 26.0 Å². The molecule has 1 aromatic heterocycles. The fourth-order valence-electron chi connectivity index (χ4n) is 4.18. The molecule has 3 aromatic carbocycles. The van der Waals surface area contributed by atoms with Crippen LogP contribution in [0.2, 0.25) is 0 Å². The second-order valence-corrected chi connectivity index (χ2v) is 9.78. The van der Waals surface area contributed by atoms with Crippen molar-refractivity contribution >= 4 is 45.8 Å². The number of rotatable bonds is 6. The number of benzene rings is 3. The van der Waals surface area contributed by atoms with Crippen molar-refractivity contribution in [1.82, 2.24) is 15.1 Å². The third-order valence-electron chi connectivity index (χ3n) is 6.13. The average molecular weight is 512 g/mol. The molecular formula is C25H25F2N6O2S+. The third-order valence-corrected chi connectivity index (χ3v) is 7.09. The Balaban J connectivity index is 1.36. The summed E-state index contributed by atoms with van der Waals surface area (Å²) in [5.74, 6) is -1.40. The van der Waals surface area contributed by atoms with Crippen molar-refractivity contribution in [3.05, 3.63) is 71.8 Å². The van der Waals surface area contributed by atoms with Gasteiger partial charge in [-0.3, -0.25) is 9.89 Å². The summed E-state index contributed by atoms with van der Waals surface area (Å²) < 4.78 is 27.1. The number of nitrogens with one attached hydrogen (secondary N) is 2. The van der Waals surface area contributed by atoms with Crippen LogP contribution in [0.5, 0.6) is 0 Å². The first-order chi connectivity index (χ1) is 17.4. The van der Waals surface area contributed by atoms with E-state index in [0.29, 0.717) is 32.9 Å². The number of piperazine rings is 1. The highest BCUT2D eigenvalue weighted by atomic mass is 32.2. The number of amides is 1. The Bertz CT molecular complexity index is 1400. The van der Waals surface area contributed by atoms with Crippen molar-refractivity contribution in [3.63, 3.8) is 0 Å². The van der Waals surface area contributed by atoms with E-state index in [1.54, 1.807) is 30.3 Å². The van der Waals surface area contributed by atoms with Gasteiger partial charge in [-0.1, -0.05) is 11.8 Å². The quantitative estimate of drug-likeness (QED) is 0.233. The number of anilines is 2. The maximum absolute atomic E-state index is 13.6.